The van der Waals surface area contributed by atoms with Gasteiger partial charge < -0.3 is 10.1 Å². The number of imide groups is 1. The molecular formula is C14H14ClN3O4. The maximum atomic E-state index is 12.5. The Morgan fingerprint density at radius 1 is 1.45 bits per heavy atom. The van der Waals surface area contributed by atoms with Gasteiger partial charge in [-0.25, -0.2) is 9.78 Å². The molecule has 0 unspecified atom stereocenters. The fourth-order valence-corrected chi connectivity index (χ4v) is 3.31. The van der Waals surface area contributed by atoms with Crippen molar-refractivity contribution in [3.8, 4) is 0 Å². The third kappa shape index (κ3) is 2.41. The summed E-state index contributed by atoms with van der Waals surface area (Å²) in [5, 5.41) is 9.98. The quantitative estimate of drug-likeness (QED) is 0.802. The molecule has 3 rings (SSSR count). The van der Waals surface area contributed by atoms with Gasteiger partial charge in [-0.05, 0) is 12.8 Å². The Labute approximate surface area is 131 Å². The van der Waals surface area contributed by atoms with Crippen LogP contribution in [0.3, 0.4) is 0 Å². The van der Waals surface area contributed by atoms with Crippen molar-refractivity contribution in [1.82, 2.24) is 14.9 Å². The molecule has 1 aromatic heterocycles. The zero-order chi connectivity index (χ0) is 15.9. The molecule has 1 aliphatic heterocycles. The van der Waals surface area contributed by atoms with Gasteiger partial charge in [0.2, 0.25) is 11.8 Å². The number of imidazole rings is 1. The van der Waals surface area contributed by atoms with E-state index >= 15 is 0 Å². The summed E-state index contributed by atoms with van der Waals surface area (Å²) in [5.41, 5.74) is 0.555. The van der Waals surface area contributed by atoms with Crippen molar-refractivity contribution in [3.63, 3.8) is 0 Å². The number of hydrogen-bond acceptors (Lipinski definition) is 4. The highest BCUT2D eigenvalue weighted by atomic mass is 35.5. The lowest BCUT2D eigenvalue weighted by Gasteiger charge is -2.22. The smallest absolute Gasteiger partial charge is 0.327 e. The number of aliphatic carboxylic acids is 1. The number of carboxylic acid groups (broad SMARTS) is 1. The highest BCUT2D eigenvalue weighted by Gasteiger charge is 2.52. The summed E-state index contributed by atoms with van der Waals surface area (Å²) < 4.78 is 0. The van der Waals surface area contributed by atoms with E-state index in [4.69, 9.17) is 11.6 Å². The molecule has 0 saturated carbocycles. The van der Waals surface area contributed by atoms with E-state index in [9.17, 15) is 19.5 Å². The highest BCUT2D eigenvalue weighted by molar-refractivity contribution is 6.30. The second-order valence-corrected chi connectivity index (χ2v) is 5.97. The summed E-state index contributed by atoms with van der Waals surface area (Å²) >= 11 is 5.95. The van der Waals surface area contributed by atoms with Crippen molar-refractivity contribution in [1.29, 1.82) is 0 Å². The predicted octanol–water partition coefficient (Wildman–Crippen LogP) is 0.923. The summed E-state index contributed by atoms with van der Waals surface area (Å²) in [4.78, 5) is 44.0. The zero-order valence-electron chi connectivity index (χ0n) is 11.5. The van der Waals surface area contributed by atoms with Crippen LogP contribution in [-0.2, 0) is 20.8 Å². The zero-order valence-corrected chi connectivity index (χ0v) is 12.3. The Morgan fingerprint density at radius 3 is 2.82 bits per heavy atom. The number of carbonyl (C=O) groups is 3. The fourth-order valence-electron chi connectivity index (χ4n) is 3.05. The number of hydrogen-bond donors (Lipinski definition) is 2. The van der Waals surface area contributed by atoms with Crippen molar-refractivity contribution in [3.05, 3.63) is 29.3 Å². The summed E-state index contributed by atoms with van der Waals surface area (Å²) in [5.74, 6) is -3.14. The Morgan fingerprint density at radius 2 is 2.18 bits per heavy atom. The summed E-state index contributed by atoms with van der Waals surface area (Å²) in [6.45, 7) is 0. The molecule has 8 heteroatoms. The number of nitrogens with one attached hydrogen (secondary N) is 1. The van der Waals surface area contributed by atoms with Crippen molar-refractivity contribution >= 4 is 29.4 Å². The first-order chi connectivity index (χ1) is 10.5. The molecule has 2 amide bonds. The van der Waals surface area contributed by atoms with E-state index in [0.29, 0.717) is 23.6 Å². The highest BCUT2D eigenvalue weighted by Crippen LogP contribution is 2.39. The van der Waals surface area contributed by atoms with Crippen LogP contribution in [0.25, 0.3) is 0 Å². The predicted molar refractivity (Wildman–Crippen MR) is 75.7 cm³/mol. The molecule has 2 heterocycles. The van der Waals surface area contributed by atoms with E-state index in [1.807, 2.05) is 0 Å². The molecule has 0 radical (unpaired) electrons. The summed E-state index contributed by atoms with van der Waals surface area (Å²) in [7, 11) is 0. The topological polar surface area (TPSA) is 103 Å². The molecule has 2 aliphatic rings. The summed E-state index contributed by atoms with van der Waals surface area (Å²) in [6.07, 6.45) is 5.30. The molecule has 7 nitrogen and oxygen atoms in total. The van der Waals surface area contributed by atoms with E-state index in [1.165, 1.54) is 12.5 Å². The van der Waals surface area contributed by atoms with Gasteiger partial charge in [0.25, 0.3) is 0 Å². The minimum atomic E-state index is -1.23. The van der Waals surface area contributed by atoms with Crippen LogP contribution in [0.5, 0.6) is 0 Å². The average molecular weight is 324 g/mol. The van der Waals surface area contributed by atoms with Gasteiger partial charge in [0.15, 0.2) is 0 Å². The molecule has 22 heavy (non-hydrogen) atoms. The standard InChI is InChI=1S/C14H14ClN3O4/c15-7-1-2-9-10(3-7)13(20)18(12(9)19)11(14(21)22)4-8-5-16-6-17-8/h1,5-6,9-11H,2-4H2,(H,16,17)(H,21,22)/t9-,10-,11+/m1/s1. The molecule has 0 aromatic carbocycles. The number of rotatable bonds is 4. The van der Waals surface area contributed by atoms with Gasteiger partial charge in [-0.15, -0.1) is 0 Å². The van der Waals surface area contributed by atoms with Crippen molar-refractivity contribution in [2.45, 2.75) is 25.3 Å². The molecule has 0 bridgehead atoms. The lowest BCUT2D eigenvalue weighted by atomic mass is 9.85. The minimum Gasteiger partial charge on any atom is -0.480 e. The third-order valence-corrected chi connectivity index (χ3v) is 4.48. The minimum absolute atomic E-state index is 0.00736. The maximum Gasteiger partial charge on any atom is 0.327 e. The lowest BCUT2D eigenvalue weighted by molar-refractivity contribution is -0.155. The number of carbonyl (C=O) groups excluding carboxylic acids is 2. The molecule has 0 spiro atoms. The molecule has 3 atom stereocenters. The number of aromatic amines is 1. The van der Waals surface area contributed by atoms with Crippen molar-refractivity contribution in [2.75, 3.05) is 0 Å². The maximum absolute atomic E-state index is 12.5. The molecule has 2 N–H and O–H groups in total. The number of fused-ring (bicyclic) bond motifs is 1. The van der Waals surface area contributed by atoms with E-state index < -0.39 is 35.7 Å². The number of halogens is 1. The first-order valence-corrected chi connectivity index (χ1v) is 7.28. The second-order valence-electron chi connectivity index (χ2n) is 5.49. The van der Waals surface area contributed by atoms with Crippen LogP contribution in [0, 0.1) is 11.8 Å². The average Bonchev–Trinajstić information content (AvgIpc) is 3.05. The van der Waals surface area contributed by atoms with E-state index in [2.05, 4.69) is 9.97 Å². The van der Waals surface area contributed by atoms with Crippen molar-refractivity contribution < 1.29 is 19.5 Å². The largest absolute Gasteiger partial charge is 0.480 e. The van der Waals surface area contributed by atoms with Crippen LogP contribution in [0.4, 0.5) is 0 Å². The normalized spacial score (nSPS) is 25.9. The number of amides is 2. The Bertz CT molecular complexity index is 655. The lowest BCUT2D eigenvalue weighted by Crippen LogP contribution is -2.46. The van der Waals surface area contributed by atoms with Gasteiger partial charge >= 0.3 is 5.97 Å². The number of carboxylic acids is 1. The first kappa shape index (κ1) is 14.8. The Hall–Kier alpha value is -2.15. The van der Waals surface area contributed by atoms with Gasteiger partial charge in [0, 0.05) is 23.3 Å². The van der Waals surface area contributed by atoms with Crippen LogP contribution in [0.2, 0.25) is 0 Å². The molecule has 1 aromatic rings. The first-order valence-electron chi connectivity index (χ1n) is 6.90. The fraction of sp³-hybridized carbons (Fsp3) is 0.429. The monoisotopic (exact) mass is 323 g/mol. The van der Waals surface area contributed by atoms with Crippen molar-refractivity contribution in [2.24, 2.45) is 11.8 Å². The number of H-pyrrole nitrogens is 1. The number of aromatic nitrogens is 2. The molecule has 1 fully saturated rings. The number of nitrogens with zero attached hydrogens (tertiary/aromatic N) is 2. The van der Waals surface area contributed by atoms with Crippen LogP contribution in [-0.4, -0.2) is 43.8 Å². The van der Waals surface area contributed by atoms with Crippen LogP contribution >= 0.6 is 11.6 Å². The second kappa shape index (κ2) is 5.57. The van der Waals surface area contributed by atoms with E-state index in [1.54, 1.807) is 6.08 Å². The summed E-state index contributed by atoms with van der Waals surface area (Å²) in [6, 6.07) is -1.23. The molecule has 1 saturated heterocycles. The van der Waals surface area contributed by atoms with Crippen LogP contribution < -0.4 is 0 Å². The SMILES string of the molecule is O=C(O)[C@H](Cc1cnc[nH]1)N1C(=O)[C@@H]2CC=C(Cl)C[C@H]2C1=O. The van der Waals surface area contributed by atoms with E-state index in [-0.39, 0.29) is 6.42 Å². The van der Waals surface area contributed by atoms with Crippen LogP contribution in [0.1, 0.15) is 18.5 Å². The van der Waals surface area contributed by atoms with Gasteiger partial charge in [0.05, 0.1) is 18.2 Å². The van der Waals surface area contributed by atoms with Gasteiger partial charge in [-0.1, -0.05) is 17.7 Å². The molecular weight excluding hydrogens is 310 g/mol. The van der Waals surface area contributed by atoms with Crippen LogP contribution in [0.15, 0.2) is 23.6 Å². The third-order valence-electron chi connectivity index (χ3n) is 4.17. The van der Waals surface area contributed by atoms with Gasteiger partial charge in [0.1, 0.15) is 6.04 Å². The van der Waals surface area contributed by atoms with E-state index in [0.717, 1.165) is 4.90 Å². The number of allylic oxidation sites excluding steroid dienone is 2. The number of likely N-dealkylation sites (tertiary alicyclic amines) is 1. The Balaban J connectivity index is 1.87. The molecule has 116 valence electrons. The van der Waals surface area contributed by atoms with Gasteiger partial charge in [-0.2, -0.15) is 0 Å². The Kier molecular flexibility index (Phi) is 3.74. The van der Waals surface area contributed by atoms with Gasteiger partial charge in [-0.3, -0.25) is 14.5 Å². The molecule has 1 aliphatic carbocycles.